The number of benzene rings is 1. The maximum absolute atomic E-state index is 5.59. The van der Waals surface area contributed by atoms with Crippen LogP contribution in [0.15, 0.2) is 18.2 Å². The molecule has 0 bridgehead atoms. The van der Waals surface area contributed by atoms with E-state index in [-0.39, 0.29) is 0 Å². The van der Waals surface area contributed by atoms with Crippen LogP contribution in [0, 0.1) is 0 Å². The molecule has 0 aromatic heterocycles. The van der Waals surface area contributed by atoms with Gasteiger partial charge in [0.15, 0.2) is 0 Å². The van der Waals surface area contributed by atoms with Crippen LogP contribution >= 0.6 is 11.8 Å². The highest BCUT2D eigenvalue weighted by molar-refractivity contribution is 7.99. The Labute approximate surface area is 126 Å². The second kappa shape index (κ2) is 6.40. The van der Waals surface area contributed by atoms with Gasteiger partial charge in [-0.2, -0.15) is 11.8 Å². The van der Waals surface area contributed by atoms with Gasteiger partial charge in [-0.25, -0.2) is 0 Å². The summed E-state index contributed by atoms with van der Waals surface area (Å²) in [7, 11) is 0. The molecule has 0 saturated heterocycles. The topological polar surface area (TPSA) is 21.3 Å². The number of thioether (sulfide) groups is 1. The zero-order valence-electron chi connectivity index (χ0n) is 12.5. The first-order valence-electron chi connectivity index (χ1n) is 7.82. The van der Waals surface area contributed by atoms with Crippen molar-refractivity contribution in [2.75, 3.05) is 12.9 Å². The molecule has 0 amide bonds. The fourth-order valence-corrected chi connectivity index (χ4v) is 4.41. The lowest BCUT2D eigenvalue weighted by atomic mass is 9.93. The fourth-order valence-electron chi connectivity index (χ4n) is 3.46. The van der Waals surface area contributed by atoms with E-state index < -0.39 is 0 Å². The molecular formula is C17H25NOS. The number of rotatable bonds is 4. The third kappa shape index (κ3) is 2.99. The summed E-state index contributed by atoms with van der Waals surface area (Å²) in [5.41, 5.74) is 2.78. The molecule has 1 aliphatic carbocycles. The summed E-state index contributed by atoms with van der Waals surface area (Å²) in [6.45, 7) is 3.14. The molecule has 0 radical (unpaired) electrons. The van der Waals surface area contributed by atoms with Gasteiger partial charge in [0.1, 0.15) is 5.75 Å². The van der Waals surface area contributed by atoms with E-state index in [9.17, 15) is 0 Å². The first-order valence-corrected chi connectivity index (χ1v) is 9.11. The monoisotopic (exact) mass is 291 g/mol. The van der Waals surface area contributed by atoms with Crippen molar-refractivity contribution >= 4 is 11.8 Å². The molecule has 2 aliphatic rings. The molecule has 3 atom stereocenters. The van der Waals surface area contributed by atoms with Gasteiger partial charge in [0.25, 0.3) is 0 Å². The van der Waals surface area contributed by atoms with Gasteiger partial charge in [-0.3, -0.25) is 0 Å². The minimum Gasteiger partial charge on any atom is -0.493 e. The highest BCUT2D eigenvalue weighted by Gasteiger charge is 2.26. The molecule has 1 saturated carbocycles. The number of hydrogen-bond acceptors (Lipinski definition) is 3. The summed E-state index contributed by atoms with van der Waals surface area (Å²) >= 11 is 2.03. The lowest BCUT2D eigenvalue weighted by Gasteiger charge is -2.33. The summed E-state index contributed by atoms with van der Waals surface area (Å²) in [5, 5.41) is 4.65. The average Bonchev–Trinajstić information content (AvgIpc) is 2.95. The van der Waals surface area contributed by atoms with Crippen molar-refractivity contribution in [2.24, 2.45) is 0 Å². The molecule has 1 fully saturated rings. The lowest BCUT2D eigenvalue weighted by Crippen LogP contribution is -2.41. The highest BCUT2D eigenvalue weighted by Crippen LogP contribution is 2.31. The zero-order valence-corrected chi connectivity index (χ0v) is 13.3. The van der Waals surface area contributed by atoms with E-state index in [1.165, 1.54) is 36.8 Å². The Hall–Kier alpha value is -0.670. The molecule has 3 unspecified atom stereocenters. The molecule has 1 heterocycles. The van der Waals surface area contributed by atoms with E-state index >= 15 is 0 Å². The van der Waals surface area contributed by atoms with Gasteiger partial charge < -0.3 is 10.1 Å². The molecule has 110 valence electrons. The molecule has 20 heavy (non-hydrogen) atoms. The van der Waals surface area contributed by atoms with Crippen LogP contribution in [0.5, 0.6) is 5.75 Å². The third-order valence-corrected chi connectivity index (χ3v) is 5.85. The van der Waals surface area contributed by atoms with Crippen LogP contribution < -0.4 is 10.1 Å². The van der Waals surface area contributed by atoms with Gasteiger partial charge >= 0.3 is 0 Å². The van der Waals surface area contributed by atoms with E-state index in [2.05, 4.69) is 36.7 Å². The van der Waals surface area contributed by atoms with Crippen LogP contribution in [0.1, 0.15) is 49.8 Å². The Balaban J connectivity index is 1.67. The molecule has 1 N–H and O–H groups in total. The number of ether oxygens (including phenoxy) is 1. The Kier molecular flexibility index (Phi) is 4.57. The summed E-state index contributed by atoms with van der Waals surface area (Å²) < 4.78 is 5.59. The van der Waals surface area contributed by atoms with Crippen molar-refractivity contribution in [1.82, 2.24) is 5.32 Å². The molecule has 0 spiro atoms. The largest absolute Gasteiger partial charge is 0.493 e. The van der Waals surface area contributed by atoms with Crippen LogP contribution in [0.3, 0.4) is 0 Å². The predicted molar refractivity (Wildman–Crippen MR) is 86.8 cm³/mol. The average molecular weight is 291 g/mol. The van der Waals surface area contributed by atoms with Gasteiger partial charge in [0.05, 0.1) is 6.61 Å². The van der Waals surface area contributed by atoms with E-state index in [1.807, 2.05) is 11.8 Å². The number of hydrogen-bond donors (Lipinski definition) is 1. The Morgan fingerprint density at radius 1 is 1.30 bits per heavy atom. The molecule has 3 rings (SSSR count). The van der Waals surface area contributed by atoms with Crippen LogP contribution in [0.25, 0.3) is 0 Å². The maximum atomic E-state index is 5.59. The smallest absolute Gasteiger partial charge is 0.122 e. The number of fused-ring (bicyclic) bond motifs is 1. The Morgan fingerprint density at radius 2 is 2.15 bits per heavy atom. The first-order chi connectivity index (χ1) is 9.78. The highest BCUT2D eigenvalue weighted by atomic mass is 32.2. The van der Waals surface area contributed by atoms with Crippen molar-refractivity contribution in [2.45, 2.75) is 56.4 Å². The van der Waals surface area contributed by atoms with Gasteiger partial charge in [0, 0.05) is 23.8 Å². The van der Waals surface area contributed by atoms with Gasteiger partial charge in [0.2, 0.25) is 0 Å². The predicted octanol–water partition coefficient (Wildman–Crippen LogP) is 3.95. The van der Waals surface area contributed by atoms with Gasteiger partial charge in [-0.1, -0.05) is 25.0 Å². The van der Waals surface area contributed by atoms with Crippen molar-refractivity contribution in [1.29, 1.82) is 0 Å². The minimum atomic E-state index is 0.429. The Bertz CT molecular complexity index is 462. The first kappa shape index (κ1) is 14.3. The van der Waals surface area contributed by atoms with E-state index in [4.69, 9.17) is 4.74 Å². The van der Waals surface area contributed by atoms with E-state index in [0.29, 0.717) is 12.1 Å². The summed E-state index contributed by atoms with van der Waals surface area (Å²) in [6.07, 6.45) is 8.77. The molecule has 1 aromatic rings. The quantitative estimate of drug-likeness (QED) is 0.907. The second-order valence-corrected chi connectivity index (χ2v) is 7.10. The molecule has 1 aromatic carbocycles. The molecule has 2 nitrogen and oxygen atoms in total. The second-order valence-electron chi connectivity index (χ2n) is 6.02. The summed E-state index contributed by atoms with van der Waals surface area (Å²) in [4.78, 5) is 0. The number of nitrogens with one attached hydrogen (secondary N) is 1. The van der Waals surface area contributed by atoms with Crippen molar-refractivity contribution < 1.29 is 4.74 Å². The normalized spacial score (nSPS) is 26.9. The molecule has 1 aliphatic heterocycles. The van der Waals surface area contributed by atoms with Crippen molar-refractivity contribution in [3.8, 4) is 5.75 Å². The Morgan fingerprint density at radius 3 is 3.00 bits per heavy atom. The van der Waals surface area contributed by atoms with Crippen LogP contribution in [-0.2, 0) is 6.42 Å². The summed E-state index contributed by atoms with van der Waals surface area (Å²) in [5.74, 6) is 1.08. The third-order valence-electron chi connectivity index (χ3n) is 4.68. The van der Waals surface area contributed by atoms with Gasteiger partial charge in [-0.05, 0) is 43.2 Å². The van der Waals surface area contributed by atoms with Crippen LogP contribution in [0.4, 0.5) is 0 Å². The van der Waals surface area contributed by atoms with Crippen molar-refractivity contribution in [3.63, 3.8) is 0 Å². The van der Waals surface area contributed by atoms with Crippen molar-refractivity contribution in [3.05, 3.63) is 29.3 Å². The molecule has 3 heteroatoms. The zero-order chi connectivity index (χ0) is 13.9. The maximum Gasteiger partial charge on any atom is 0.122 e. The molecular weight excluding hydrogens is 266 g/mol. The fraction of sp³-hybridized carbons (Fsp3) is 0.647. The SMILES string of the molecule is CSC1CCCCC1NC(C)c1ccc2c(c1)CCO2. The standard InChI is InChI=1S/C17H25NOS/c1-12(18-15-5-3-4-6-17(15)20-2)13-7-8-16-14(11-13)9-10-19-16/h7-8,11-12,15,17-18H,3-6,9-10H2,1-2H3. The lowest BCUT2D eigenvalue weighted by molar-refractivity contribution is 0.354. The summed E-state index contributed by atoms with van der Waals surface area (Å²) in [6, 6.07) is 7.79. The minimum absolute atomic E-state index is 0.429. The van der Waals surface area contributed by atoms with E-state index in [0.717, 1.165) is 24.0 Å². The van der Waals surface area contributed by atoms with E-state index in [1.54, 1.807) is 0 Å². The van der Waals surface area contributed by atoms with Crippen LogP contribution in [0.2, 0.25) is 0 Å². The van der Waals surface area contributed by atoms with Gasteiger partial charge in [-0.15, -0.1) is 0 Å². The van der Waals surface area contributed by atoms with Crippen LogP contribution in [-0.4, -0.2) is 24.2 Å².